The highest BCUT2D eigenvalue weighted by Crippen LogP contribution is 2.33. The van der Waals surface area contributed by atoms with E-state index < -0.39 is 11.9 Å². The molecule has 0 saturated carbocycles. The van der Waals surface area contributed by atoms with E-state index in [1.54, 1.807) is 11.8 Å². The summed E-state index contributed by atoms with van der Waals surface area (Å²) in [6, 6.07) is 9.45. The van der Waals surface area contributed by atoms with Crippen molar-refractivity contribution < 1.29 is 14.7 Å². The van der Waals surface area contributed by atoms with Gasteiger partial charge in [0, 0.05) is 25.2 Å². The highest BCUT2D eigenvalue weighted by Gasteiger charge is 2.40. The number of carbonyl (C=O) groups excluding carboxylic acids is 1. The summed E-state index contributed by atoms with van der Waals surface area (Å²) in [5, 5.41) is 9.49. The molecule has 118 valence electrons. The molecule has 23 heavy (non-hydrogen) atoms. The predicted molar refractivity (Wildman–Crippen MR) is 83.0 cm³/mol. The molecule has 1 N–H and O–H groups in total. The van der Waals surface area contributed by atoms with Gasteiger partial charge < -0.3 is 10.0 Å². The first-order valence-electron chi connectivity index (χ1n) is 7.42. The van der Waals surface area contributed by atoms with Crippen LogP contribution in [-0.2, 0) is 4.79 Å². The van der Waals surface area contributed by atoms with Gasteiger partial charge in [0.15, 0.2) is 0 Å². The molecule has 6 nitrogen and oxygen atoms in total. The number of amides is 1. The maximum absolute atomic E-state index is 12.5. The summed E-state index contributed by atoms with van der Waals surface area (Å²) in [7, 11) is 0. The molecule has 1 aromatic heterocycles. The minimum atomic E-state index is -0.885. The van der Waals surface area contributed by atoms with Gasteiger partial charge in [-0.1, -0.05) is 30.3 Å². The number of likely N-dealkylation sites (tertiary alicyclic amines) is 1. The van der Waals surface area contributed by atoms with Crippen molar-refractivity contribution in [3.05, 3.63) is 59.7 Å². The second-order valence-corrected chi connectivity index (χ2v) is 5.72. The van der Waals surface area contributed by atoms with Crippen LogP contribution in [0.25, 0.3) is 0 Å². The Morgan fingerprint density at radius 3 is 2.48 bits per heavy atom. The molecule has 6 heteroatoms. The smallest absolute Gasteiger partial charge is 0.308 e. The van der Waals surface area contributed by atoms with Gasteiger partial charge in [-0.2, -0.15) is 0 Å². The normalized spacial score (nSPS) is 20.5. The van der Waals surface area contributed by atoms with E-state index in [1.165, 1.54) is 12.4 Å². The zero-order chi connectivity index (χ0) is 16.4. The van der Waals surface area contributed by atoms with Crippen LogP contribution in [0, 0.1) is 12.8 Å². The van der Waals surface area contributed by atoms with Crippen LogP contribution in [0.4, 0.5) is 0 Å². The molecular weight excluding hydrogens is 294 g/mol. The molecule has 0 bridgehead atoms. The van der Waals surface area contributed by atoms with Crippen LogP contribution in [0.15, 0.2) is 42.7 Å². The number of hydrogen-bond donors (Lipinski definition) is 1. The molecule has 1 aliphatic heterocycles. The van der Waals surface area contributed by atoms with E-state index in [9.17, 15) is 14.7 Å². The van der Waals surface area contributed by atoms with Crippen molar-refractivity contribution in [3.63, 3.8) is 0 Å². The van der Waals surface area contributed by atoms with Crippen LogP contribution in [0.5, 0.6) is 0 Å². The fourth-order valence-electron chi connectivity index (χ4n) is 2.92. The topological polar surface area (TPSA) is 83.4 Å². The summed E-state index contributed by atoms with van der Waals surface area (Å²) < 4.78 is 0. The summed E-state index contributed by atoms with van der Waals surface area (Å²) in [6.07, 6.45) is 2.97. The lowest BCUT2D eigenvalue weighted by molar-refractivity contribution is -0.141. The van der Waals surface area contributed by atoms with Crippen LogP contribution in [-0.4, -0.2) is 44.9 Å². The molecule has 1 saturated heterocycles. The molecule has 1 fully saturated rings. The number of carboxylic acids is 1. The van der Waals surface area contributed by atoms with Gasteiger partial charge in [-0.3, -0.25) is 14.6 Å². The number of carboxylic acid groups (broad SMARTS) is 1. The van der Waals surface area contributed by atoms with Gasteiger partial charge in [0.25, 0.3) is 5.91 Å². The molecule has 0 spiro atoms. The summed E-state index contributed by atoms with van der Waals surface area (Å²) in [4.78, 5) is 33.8. The van der Waals surface area contributed by atoms with Crippen LogP contribution in [0.3, 0.4) is 0 Å². The maximum atomic E-state index is 12.5. The lowest BCUT2D eigenvalue weighted by Gasteiger charge is -2.16. The third-order valence-electron chi connectivity index (χ3n) is 4.15. The minimum Gasteiger partial charge on any atom is -0.481 e. The standard InChI is InChI=1S/C17H17N3O3/c1-11-7-19-15(8-18-11)16(21)20-9-13(14(10-20)17(22)23)12-5-3-2-4-6-12/h2-8,13-14H,9-10H2,1H3,(H,22,23)/t13-,14-/m0/s1. The first-order chi connectivity index (χ1) is 11.1. The molecular formula is C17H17N3O3. The monoisotopic (exact) mass is 311 g/mol. The number of carbonyl (C=O) groups is 2. The molecule has 1 amide bonds. The number of aliphatic carboxylic acids is 1. The Hall–Kier alpha value is -2.76. The van der Waals surface area contributed by atoms with Crippen molar-refractivity contribution in [1.82, 2.24) is 14.9 Å². The number of aromatic nitrogens is 2. The van der Waals surface area contributed by atoms with Crippen molar-refractivity contribution in [1.29, 1.82) is 0 Å². The van der Waals surface area contributed by atoms with Crippen molar-refractivity contribution in [2.75, 3.05) is 13.1 Å². The number of rotatable bonds is 3. The van der Waals surface area contributed by atoms with Gasteiger partial charge in [0.05, 0.1) is 17.8 Å². The Labute approximate surface area is 133 Å². The third-order valence-corrected chi connectivity index (χ3v) is 4.15. The van der Waals surface area contributed by atoms with E-state index >= 15 is 0 Å². The van der Waals surface area contributed by atoms with Crippen molar-refractivity contribution >= 4 is 11.9 Å². The zero-order valence-electron chi connectivity index (χ0n) is 12.7. The van der Waals surface area contributed by atoms with Gasteiger partial charge >= 0.3 is 5.97 Å². The average molecular weight is 311 g/mol. The zero-order valence-corrected chi connectivity index (χ0v) is 12.7. The Morgan fingerprint density at radius 1 is 1.13 bits per heavy atom. The highest BCUT2D eigenvalue weighted by atomic mass is 16.4. The van der Waals surface area contributed by atoms with Crippen LogP contribution in [0.1, 0.15) is 27.7 Å². The highest BCUT2D eigenvalue weighted by molar-refractivity contribution is 5.92. The van der Waals surface area contributed by atoms with E-state index in [2.05, 4.69) is 9.97 Å². The minimum absolute atomic E-state index is 0.184. The fourth-order valence-corrected chi connectivity index (χ4v) is 2.92. The van der Waals surface area contributed by atoms with Crippen LogP contribution >= 0.6 is 0 Å². The molecule has 2 atom stereocenters. The SMILES string of the molecule is Cc1cnc(C(=O)N2C[C@H](C(=O)O)[C@H](c3ccccc3)C2)cn1. The third kappa shape index (κ3) is 3.06. The number of hydrogen-bond acceptors (Lipinski definition) is 4. The van der Waals surface area contributed by atoms with Gasteiger partial charge in [-0.15, -0.1) is 0 Å². The molecule has 1 aliphatic rings. The van der Waals surface area contributed by atoms with Crippen molar-refractivity contribution in [2.24, 2.45) is 5.92 Å². The van der Waals surface area contributed by atoms with Crippen LogP contribution in [0.2, 0.25) is 0 Å². The second kappa shape index (κ2) is 6.16. The lowest BCUT2D eigenvalue weighted by atomic mass is 9.89. The molecule has 0 aliphatic carbocycles. The van der Waals surface area contributed by atoms with E-state index in [4.69, 9.17) is 0 Å². The predicted octanol–water partition coefficient (Wildman–Crippen LogP) is 1.73. The van der Waals surface area contributed by atoms with E-state index in [0.717, 1.165) is 11.3 Å². The van der Waals surface area contributed by atoms with E-state index in [-0.39, 0.29) is 24.1 Å². The quantitative estimate of drug-likeness (QED) is 0.933. The van der Waals surface area contributed by atoms with Gasteiger partial charge in [0.1, 0.15) is 5.69 Å². The molecule has 2 aromatic rings. The van der Waals surface area contributed by atoms with Crippen molar-refractivity contribution in [2.45, 2.75) is 12.8 Å². The molecule has 2 heterocycles. The second-order valence-electron chi connectivity index (χ2n) is 5.72. The van der Waals surface area contributed by atoms with E-state index in [1.807, 2.05) is 30.3 Å². The Morgan fingerprint density at radius 2 is 1.87 bits per heavy atom. The van der Waals surface area contributed by atoms with Gasteiger partial charge in [-0.25, -0.2) is 4.98 Å². The first kappa shape index (κ1) is 15.1. The summed E-state index contributed by atoms with van der Waals surface area (Å²) >= 11 is 0. The summed E-state index contributed by atoms with van der Waals surface area (Å²) in [6.45, 7) is 2.35. The molecule has 3 rings (SSSR count). The fraction of sp³-hybridized carbons (Fsp3) is 0.294. The number of benzene rings is 1. The molecule has 0 unspecified atom stereocenters. The van der Waals surface area contributed by atoms with Crippen LogP contribution < -0.4 is 0 Å². The largest absolute Gasteiger partial charge is 0.481 e. The summed E-state index contributed by atoms with van der Waals surface area (Å²) in [5.74, 6) is -1.98. The van der Waals surface area contributed by atoms with Gasteiger partial charge in [0.2, 0.25) is 0 Å². The van der Waals surface area contributed by atoms with Crippen molar-refractivity contribution in [3.8, 4) is 0 Å². The average Bonchev–Trinajstić information content (AvgIpc) is 3.01. The number of nitrogens with zero attached hydrogens (tertiary/aromatic N) is 3. The Kier molecular flexibility index (Phi) is 4.06. The molecule has 0 radical (unpaired) electrons. The maximum Gasteiger partial charge on any atom is 0.308 e. The first-order valence-corrected chi connectivity index (χ1v) is 7.42. The summed E-state index contributed by atoms with van der Waals surface area (Å²) in [5.41, 5.74) is 1.91. The lowest BCUT2D eigenvalue weighted by Crippen LogP contribution is -2.30. The van der Waals surface area contributed by atoms with E-state index in [0.29, 0.717) is 6.54 Å². The Balaban J connectivity index is 1.84. The number of aryl methyl sites for hydroxylation is 1. The van der Waals surface area contributed by atoms with Gasteiger partial charge in [-0.05, 0) is 12.5 Å². The molecule has 1 aromatic carbocycles. The Bertz CT molecular complexity index is 716.